The highest BCUT2D eigenvalue weighted by molar-refractivity contribution is 5.92. The molecule has 1 atom stereocenters. The van der Waals surface area contributed by atoms with Gasteiger partial charge in [-0.3, -0.25) is 9.69 Å². The topological polar surface area (TPSA) is 58.4 Å². The summed E-state index contributed by atoms with van der Waals surface area (Å²) in [6.45, 7) is 9.75. The largest absolute Gasteiger partial charge is 0.330 e. The molecule has 4 heteroatoms. The van der Waals surface area contributed by atoms with Gasteiger partial charge in [0.25, 0.3) is 0 Å². The Balaban J connectivity index is 2.69. The summed E-state index contributed by atoms with van der Waals surface area (Å²) in [5.74, 6) is -0.0687. The number of nitrogens with one attached hydrogen (secondary N) is 1. The maximum atomic E-state index is 12.2. The van der Waals surface area contributed by atoms with Gasteiger partial charge in [-0.25, -0.2) is 0 Å². The summed E-state index contributed by atoms with van der Waals surface area (Å²) in [4.78, 5) is 14.5. The first-order chi connectivity index (χ1) is 10.1. The number of hydrogen-bond donors (Lipinski definition) is 2. The van der Waals surface area contributed by atoms with Crippen molar-refractivity contribution in [2.45, 2.75) is 40.2 Å². The van der Waals surface area contributed by atoms with E-state index in [1.54, 1.807) is 0 Å². The molecule has 0 saturated carbocycles. The van der Waals surface area contributed by atoms with E-state index in [0.29, 0.717) is 6.54 Å². The maximum absolute atomic E-state index is 12.2. The normalized spacial score (nSPS) is 12.4. The number of anilines is 1. The predicted octanol–water partition coefficient (Wildman–Crippen LogP) is 2.84. The van der Waals surface area contributed by atoms with Crippen molar-refractivity contribution in [2.24, 2.45) is 11.7 Å². The number of nitrogens with zero attached hydrogens (tertiary/aromatic N) is 1. The van der Waals surface area contributed by atoms with E-state index in [1.165, 1.54) is 5.56 Å². The van der Waals surface area contributed by atoms with E-state index in [9.17, 15) is 4.79 Å². The van der Waals surface area contributed by atoms with Crippen molar-refractivity contribution in [2.75, 3.05) is 25.0 Å². The fourth-order valence-corrected chi connectivity index (χ4v) is 2.40. The number of amides is 1. The molecule has 0 aliphatic rings. The van der Waals surface area contributed by atoms with E-state index in [0.717, 1.165) is 38.2 Å². The second-order valence-corrected chi connectivity index (χ2v) is 5.37. The van der Waals surface area contributed by atoms with E-state index in [-0.39, 0.29) is 11.8 Å². The average molecular weight is 291 g/mol. The van der Waals surface area contributed by atoms with E-state index < -0.39 is 0 Å². The Kier molecular flexibility index (Phi) is 8.01. The summed E-state index contributed by atoms with van der Waals surface area (Å²) in [6, 6.07) is 8.07. The number of carbonyl (C=O) groups is 1. The van der Waals surface area contributed by atoms with Gasteiger partial charge >= 0.3 is 0 Å². The van der Waals surface area contributed by atoms with Crippen LogP contribution in [0, 0.1) is 5.92 Å². The molecule has 4 nitrogen and oxygen atoms in total. The SMILES string of the molecule is CCCC(CN)C(=O)Nc1cccc(CN(CC)CC)c1. The minimum atomic E-state index is -0.0959. The van der Waals surface area contributed by atoms with Crippen LogP contribution in [0.5, 0.6) is 0 Å². The Morgan fingerprint density at radius 1 is 1.29 bits per heavy atom. The zero-order chi connectivity index (χ0) is 15.7. The Morgan fingerprint density at radius 3 is 2.57 bits per heavy atom. The summed E-state index contributed by atoms with van der Waals surface area (Å²) in [5.41, 5.74) is 7.76. The molecule has 0 saturated heterocycles. The molecule has 1 unspecified atom stereocenters. The van der Waals surface area contributed by atoms with Gasteiger partial charge in [0.05, 0.1) is 5.92 Å². The zero-order valence-corrected chi connectivity index (χ0v) is 13.6. The molecule has 1 aromatic carbocycles. The quantitative estimate of drug-likeness (QED) is 0.735. The molecule has 0 spiro atoms. The maximum Gasteiger partial charge on any atom is 0.228 e. The van der Waals surface area contributed by atoms with Gasteiger partial charge in [0.2, 0.25) is 5.91 Å². The van der Waals surface area contributed by atoms with Crippen LogP contribution in [0.3, 0.4) is 0 Å². The van der Waals surface area contributed by atoms with Gasteiger partial charge in [0, 0.05) is 18.8 Å². The lowest BCUT2D eigenvalue weighted by molar-refractivity contribution is -0.119. The van der Waals surface area contributed by atoms with E-state index in [2.05, 4.69) is 43.1 Å². The predicted molar refractivity (Wildman–Crippen MR) is 89.1 cm³/mol. The van der Waals surface area contributed by atoms with Gasteiger partial charge in [-0.1, -0.05) is 39.3 Å². The average Bonchev–Trinajstić information content (AvgIpc) is 2.50. The molecule has 1 aromatic rings. The van der Waals surface area contributed by atoms with Crippen LogP contribution in [-0.2, 0) is 11.3 Å². The Morgan fingerprint density at radius 2 is 2.00 bits per heavy atom. The van der Waals surface area contributed by atoms with Crippen LogP contribution < -0.4 is 11.1 Å². The lowest BCUT2D eigenvalue weighted by Crippen LogP contribution is -2.29. The van der Waals surface area contributed by atoms with Crippen molar-refractivity contribution in [1.82, 2.24) is 4.90 Å². The number of hydrogen-bond acceptors (Lipinski definition) is 3. The molecule has 0 heterocycles. The molecule has 0 aliphatic carbocycles. The van der Waals surface area contributed by atoms with Crippen LogP contribution in [0.2, 0.25) is 0 Å². The van der Waals surface area contributed by atoms with Crippen molar-refractivity contribution < 1.29 is 4.79 Å². The lowest BCUT2D eigenvalue weighted by Gasteiger charge is -2.19. The first-order valence-electron chi connectivity index (χ1n) is 7.96. The number of nitrogens with two attached hydrogens (primary N) is 1. The van der Waals surface area contributed by atoms with Crippen molar-refractivity contribution in [3.63, 3.8) is 0 Å². The molecule has 3 N–H and O–H groups in total. The van der Waals surface area contributed by atoms with Gasteiger partial charge in [0.1, 0.15) is 0 Å². The van der Waals surface area contributed by atoms with Gasteiger partial charge < -0.3 is 11.1 Å². The fraction of sp³-hybridized carbons (Fsp3) is 0.588. The van der Waals surface area contributed by atoms with E-state index in [4.69, 9.17) is 5.73 Å². The highest BCUT2D eigenvalue weighted by atomic mass is 16.1. The highest BCUT2D eigenvalue weighted by Gasteiger charge is 2.15. The zero-order valence-electron chi connectivity index (χ0n) is 13.6. The molecule has 0 radical (unpaired) electrons. The minimum Gasteiger partial charge on any atom is -0.330 e. The molecule has 0 fully saturated rings. The Labute approximate surface area is 128 Å². The van der Waals surface area contributed by atoms with E-state index >= 15 is 0 Å². The van der Waals surface area contributed by atoms with Crippen molar-refractivity contribution in [3.8, 4) is 0 Å². The molecule has 21 heavy (non-hydrogen) atoms. The summed E-state index contributed by atoms with van der Waals surface area (Å²) in [5, 5.41) is 2.99. The molecule has 0 bridgehead atoms. The summed E-state index contributed by atoms with van der Waals surface area (Å²) in [6.07, 6.45) is 1.80. The van der Waals surface area contributed by atoms with Crippen LogP contribution in [-0.4, -0.2) is 30.4 Å². The molecular formula is C17H29N3O. The monoisotopic (exact) mass is 291 g/mol. The van der Waals surface area contributed by atoms with Crippen molar-refractivity contribution in [3.05, 3.63) is 29.8 Å². The third kappa shape index (κ3) is 5.86. The summed E-state index contributed by atoms with van der Waals surface area (Å²) >= 11 is 0. The smallest absolute Gasteiger partial charge is 0.228 e. The van der Waals surface area contributed by atoms with Crippen LogP contribution in [0.15, 0.2) is 24.3 Å². The Bertz CT molecular complexity index is 430. The summed E-state index contributed by atoms with van der Waals surface area (Å²) in [7, 11) is 0. The molecule has 1 amide bonds. The standard InChI is InChI=1S/C17H29N3O/c1-4-8-15(12-18)17(21)19-16-10-7-9-14(11-16)13-20(5-2)6-3/h7,9-11,15H,4-6,8,12-13,18H2,1-3H3,(H,19,21). The van der Waals surface area contributed by atoms with Gasteiger partial charge in [-0.2, -0.15) is 0 Å². The number of benzene rings is 1. The highest BCUT2D eigenvalue weighted by Crippen LogP contribution is 2.15. The van der Waals surface area contributed by atoms with Crippen LogP contribution in [0.25, 0.3) is 0 Å². The molecule has 118 valence electrons. The number of rotatable bonds is 9. The van der Waals surface area contributed by atoms with Crippen LogP contribution in [0.1, 0.15) is 39.2 Å². The molecular weight excluding hydrogens is 262 g/mol. The van der Waals surface area contributed by atoms with Crippen LogP contribution >= 0.6 is 0 Å². The third-order valence-corrected chi connectivity index (χ3v) is 3.79. The summed E-state index contributed by atoms with van der Waals surface area (Å²) < 4.78 is 0. The second kappa shape index (κ2) is 9.53. The minimum absolute atomic E-state index is 0.0272. The first-order valence-corrected chi connectivity index (χ1v) is 7.96. The number of carbonyl (C=O) groups excluding carboxylic acids is 1. The van der Waals surface area contributed by atoms with Gasteiger partial charge in [0.15, 0.2) is 0 Å². The Hall–Kier alpha value is -1.39. The lowest BCUT2D eigenvalue weighted by atomic mass is 10.0. The van der Waals surface area contributed by atoms with Gasteiger partial charge in [-0.15, -0.1) is 0 Å². The third-order valence-electron chi connectivity index (χ3n) is 3.79. The first kappa shape index (κ1) is 17.7. The molecule has 0 aliphatic heterocycles. The fourth-order valence-electron chi connectivity index (χ4n) is 2.40. The molecule has 0 aromatic heterocycles. The van der Waals surface area contributed by atoms with Gasteiger partial charge in [-0.05, 0) is 37.2 Å². The second-order valence-electron chi connectivity index (χ2n) is 5.37. The van der Waals surface area contributed by atoms with Crippen molar-refractivity contribution in [1.29, 1.82) is 0 Å². The molecule has 1 rings (SSSR count). The van der Waals surface area contributed by atoms with E-state index in [1.807, 2.05) is 12.1 Å². The van der Waals surface area contributed by atoms with Crippen LogP contribution in [0.4, 0.5) is 5.69 Å². The van der Waals surface area contributed by atoms with Crippen molar-refractivity contribution >= 4 is 11.6 Å².